The SMILES string of the molecule is CC=C1CC(C)CN([C@@H](C)c2ccccc2)C1. The van der Waals surface area contributed by atoms with Crippen molar-refractivity contribution in [2.24, 2.45) is 5.92 Å². The number of piperidine rings is 1. The first kappa shape index (κ1) is 12.4. The fourth-order valence-corrected chi connectivity index (χ4v) is 2.75. The summed E-state index contributed by atoms with van der Waals surface area (Å²) in [5.74, 6) is 0.779. The van der Waals surface area contributed by atoms with E-state index in [1.54, 1.807) is 5.57 Å². The van der Waals surface area contributed by atoms with Gasteiger partial charge < -0.3 is 0 Å². The second-order valence-corrected chi connectivity index (χ2v) is 5.27. The summed E-state index contributed by atoms with van der Waals surface area (Å²) in [4.78, 5) is 2.60. The molecular formula is C16H23N. The van der Waals surface area contributed by atoms with Crippen molar-refractivity contribution in [2.75, 3.05) is 13.1 Å². The van der Waals surface area contributed by atoms with Crippen molar-refractivity contribution in [3.63, 3.8) is 0 Å². The van der Waals surface area contributed by atoms with Gasteiger partial charge in [0.2, 0.25) is 0 Å². The highest BCUT2D eigenvalue weighted by molar-refractivity contribution is 5.19. The molecule has 17 heavy (non-hydrogen) atoms. The molecule has 1 heteroatoms. The normalized spacial score (nSPS) is 26.1. The van der Waals surface area contributed by atoms with Crippen LogP contribution in [0.15, 0.2) is 42.0 Å². The van der Waals surface area contributed by atoms with Crippen LogP contribution >= 0.6 is 0 Å². The molecule has 1 aromatic carbocycles. The molecule has 0 radical (unpaired) electrons. The van der Waals surface area contributed by atoms with Crippen molar-refractivity contribution in [2.45, 2.75) is 33.2 Å². The molecular weight excluding hydrogens is 206 g/mol. The van der Waals surface area contributed by atoms with E-state index < -0.39 is 0 Å². The standard InChI is InChI=1S/C16H23N/c1-4-15-10-13(2)11-17(12-15)14(3)16-8-6-5-7-9-16/h4-9,13-14H,10-12H2,1-3H3/t13?,14-/m0/s1. The number of benzene rings is 1. The Balaban J connectivity index is 2.11. The third-order valence-corrected chi connectivity index (χ3v) is 3.80. The molecule has 1 aliphatic heterocycles. The molecule has 1 fully saturated rings. The second kappa shape index (κ2) is 5.50. The van der Waals surface area contributed by atoms with Gasteiger partial charge in [0.25, 0.3) is 0 Å². The monoisotopic (exact) mass is 229 g/mol. The number of allylic oxidation sites excluding steroid dienone is 1. The van der Waals surface area contributed by atoms with Crippen LogP contribution in [0.25, 0.3) is 0 Å². The minimum absolute atomic E-state index is 0.522. The van der Waals surface area contributed by atoms with Crippen LogP contribution < -0.4 is 0 Å². The van der Waals surface area contributed by atoms with Crippen LogP contribution in [0.1, 0.15) is 38.8 Å². The van der Waals surface area contributed by atoms with Crippen LogP contribution in [0.4, 0.5) is 0 Å². The van der Waals surface area contributed by atoms with Gasteiger partial charge in [-0.15, -0.1) is 0 Å². The smallest absolute Gasteiger partial charge is 0.0323 e. The highest BCUT2D eigenvalue weighted by atomic mass is 15.2. The Kier molecular flexibility index (Phi) is 4.01. The summed E-state index contributed by atoms with van der Waals surface area (Å²) >= 11 is 0. The number of rotatable bonds is 2. The Morgan fingerprint density at radius 1 is 1.29 bits per heavy atom. The van der Waals surface area contributed by atoms with Gasteiger partial charge in [-0.05, 0) is 31.7 Å². The van der Waals surface area contributed by atoms with Crippen molar-refractivity contribution in [3.8, 4) is 0 Å². The maximum atomic E-state index is 2.60. The van der Waals surface area contributed by atoms with Crippen molar-refractivity contribution in [1.82, 2.24) is 4.90 Å². The van der Waals surface area contributed by atoms with Crippen LogP contribution in [0.3, 0.4) is 0 Å². The number of nitrogens with zero attached hydrogens (tertiary/aromatic N) is 1. The summed E-state index contributed by atoms with van der Waals surface area (Å²) < 4.78 is 0. The Morgan fingerprint density at radius 2 is 2.00 bits per heavy atom. The highest BCUT2D eigenvalue weighted by Gasteiger charge is 2.23. The Bertz CT molecular complexity index is 380. The van der Waals surface area contributed by atoms with E-state index in [-0.39, 0.29) is 0 Å². The molecule has 1 heterocycles. The van der Waals surface area contributed by atoms with Crippen LogP contribution in [0, 0.1) is 5.92 Å². The lowest BCUT2D eigenvalue weighted by molar-refractivity contribution is 0.170. The molecule has 0 aromatic heterocycles. The third kappa shape index (κ3) is 2.98. The topological polar surface area (TPSA) is 3.24 Å². The first-order valence-corrected chi connectivity index (χ1v) is 6.63. The van der Waals surface area contributed by atoms with Crippen molar-refractivity contribution in [1.29, 1.82) is 0 Å². The van der Waals surface area contributed by atoms with Gasteiger partial charge in [0.05, 0.1) is 0 Å². The molecule has 1 nitrogen and oxygen atoms in total. The fourth-order valence-electron chi connectivity index (χ4n) is 2.75. The van der Waals surface area contributed by atoms with Gasteiger partial charge in [0.1, 0.15) is 0 Å². The molecule has 0 amide bonds. The predicted molar refractivity (Wildman–Crippen MR) is 74.0 cm³/mol. The summed E-state index contributed by atoms with van der Waals surface area (Å²) in [6.45, 7) is 9.19. The van der Waals surface area contributed by atoms with Crippen molar-refractivity contribution in [3.05, 3.63) is 47.5 Å². The van der Waals surface area contributed by atoms with E-state index in [1.807, 2.05) is 0 Å². The zero-order valence-electron chi connectivity index (χ0n) is 11.2. The zero-order chi connectivity index (χ0) is 12.3. The maximum Gasteiger partial charge on any atom is 0.0323 e. The van der Waals surface area contributed by atoms with Crippen LogP contribution in [-0.4, -0.2) is 18.0 Å². The maximum absolute atomic E-state index is 2.60. The number of hydrogen-bond acceptors (Lipinski definition) is 1. The average Bonchev–Trinajstić information content (AvgIpc) is 2.38. The van der Waals surface area contributed by atoms with Gasteiger partial charge in [0.15, 0.2) is 0 Å². The molecule has 2 rings (SSSR count). The highest BCUT2D eigenvalue weighted by Crippen LogP contribution is 2.28. The van der Waals surface area contributed by atoms with E-state index >= 15 is 0 Å². The second-order valence-electron chi connectivity index (χ2n) is 5.27. The minimum atomic E-state index is 0.522. The summed E-state index contributed by atoms with van der Waals surface area (Å²) in [5, 5.41) is 0. The van der Waals surface area contributed by atoms with E-state index in [2.05, 4.69) is 62.1 Å². The van der Waals surface area contributed by atoms with Gasteiger partial charge in [-0.2, -0.15) is 0 Å². The first-order valence-electron chi connectivity index (χ1n) is 6.63. The van der Waals surface area contributed by atoms with Gasteiger partial charge in [0, 0.05) is 19.1 Å². The van der Waals surface area contributed by atoms with Gasteiger partial charge in [-0.3, -0.25) is 4.90 Å². The van der Waals surface area contributed by atoms with Gasteiger partial charge >= 0.3 is 0 Å². The Morgan fingerprint density at radius 3 is 2.65 bits per heavy atom. The van der Waals surface area contributed by atoms with E-state index in [9.17, 15) is 0 Å². The van der Waals surface area contributed by atoms with Crippen LogP contribution in [0.2, 0.25) is 0 Å². The summed E-state index contributed by atoms with van der Waals surface area (Å²) in [6.07, 6.45) is 3.56. The molecule has 92 valence electrons. The van der Waals surface area contributed by atoms with Gasteiger partial charge in [-0.1, -0.05) is 48.9 Å². The minimum Gasteiger partial charge on any atom is -0.292 e. The third-order valence-electron chi connectivity index (χ3n) is 3.80. The Hall–Kier alpha value is -1.08. The fraction of sp³-hybridized carbons (Fsp3) is 0.500. The van der Waals surface area contributed by atoms with E-state index in [1.165, 1.54) is 18.5 Å². The number of hydrogen-bond donors (Lipinski definition) is 0. The predicted octanol–water partition coefficient (Wildman–Crippen LogP) is 4.04. The molecule has 0 aliphatic carbocycles. The number of likely N-dealkylation sites (tertiary alicyclic amines) is 1. The largest absolute Gasteiger partial charge is 0.292 e. The quantitative estimate of drug-likeness (QED) is 0.692. The molecule has 0 bridgehead atoms. The molecule has 1 aromatic rings. The lowest BCUT2D eigenvalue weighted by Crippen LogP contribution is -2.37. The molecule has 0 N–H and O–H groups in total. The summed E-state index contributed by atoms with van der Waals surface area (Å²) in [6, 6.07) is 11.4. The van der Waals surface area contributed by atoms with E-state index in [4.69, 9.17) is 0 Å². The average molecular weight is 229 g/mol. The molecule has 0 spiro atoms. The van der Waals surface area contributed by atoms with Gasteiger partial charge in [-0.25, -0.2) is 0 Å². The van der Waals surface area contributed by atoms with Crippen LogP contribution in [0.5, 0.6) is 0 Å². The lowest BCUT2D eigenvalue weighted by atomic mass is 9.93. The summed E-state index contributed by atoms with van der Waals surface area (Å²) in [5.41, 5.74) is 3.02. The molecule has 2 atom stereocenters. The first-order chi connectivity index (χ1) is 8.20. The molecule has 1 saturated heterocycles. The zero-order valence-corrected chi connectivity index (χ0v) is 11.2. The lowest BCUT2D eigenvalue weighted by Gasteiger charge is -2.37. The Labute approximate surface area is 105 Å². The van der Waals surface area contributed by atoms with E-state index in [0.29, 0.717) is 6.04 Å². The van der Waals surface area contributed by atoms with Crippen LogP contribution in [-0.2, 0) is 0 Å². The van der Waals surface area contributed by atoms with E-state index in [0.717, 1.165) is 12.5 Å². The summed E-state index contributed by atoms with van der Waals surface area (Å²) in [7, 11) is 0. The van der Waals surface area contributed by atoms with Crippen molar-refractivity contribution >= 4 is 0 Å². The molecule has 0 saturated carbocycles. The molecule has 1 unspecified atom stereocenters. The van der Waals surface area contributed by atoms with Crippen molar-refractivity contribution < 1.29 is 0 Å². The molecule has 1 aliphatic rings.